The van der Waals surface area contributed by atoms with E-state index in [-0.39, 0.29) is 52.2 Å². The predicted octanol–water partition coefficient (Wildman–Crippen LogP) is 34.1. The lowest BCUT2D eigenvalue weighted by Crippen LogP contribution is -2.08. The van der Waals surface area contributed by atoms with Gasteiger partial charge in [-0.25, -0.2) is 8.42 Å². The lowest BCUT2D eigenvalue weighted by Gasteiger charge is -2.23. The maximum absolute atomic E-state index is 19.4. The van der Waals surface area contributed by atoms with Gasteiger partial charge in [-0.1, -0.05) is 279 Å². The monoisotopic (exact) mass is 1820 g/mol. The van der Waals surface area contributed by atoms with Crippen LogP contribution in [-0.4, -0.2) is 28.1 Å². The van der Waals surface area contributed by atoms with Crippen LogP contribution in [0.4, 0.5) is 22.7 Å². The lowest BCUT2D eigenvalue weighted by atomic mass is 9.85. The number of hydrogen-bond donors (Lipinski definition) is 0. The molecular formula is C120H66N4O10S3. The Hall–Kier alpha value is -17.6. The summed E-state index contributed by atoms with van der Waals surface area (Å²) in [5, 5.41) is 71.9. The molecule has 0 N–H and O–H groups in total. The Morgan fingerprint density at radius 2 is 0.372 bits per heavy atom. The minimum absolute atomic E-state index is 0.0139. The number of fused-ring (bicyclic) bond motifs is 18. The molecule has 24 aromatic carbocycles. The molecule has 0 bridgehead atoms. The van der Waals surface area contributed by atoms with Crippen LogP contribution >= 0.6 is 22.7 Å². The van der Waals surface area contributed by atoms with Gasteiger partial charge in [-0.2, -0.15) is 0 Å². The van der Waals surface area contributed by atoms with Crippen LogP contribution in [0.15, 0.2) is 410 Å². The zero-order valence-electron chi connectivity index (χ0n) is 72.2. The fourth-order valence-electron chi connectivity index (χ4n) is 22.0. The molecule has 0 aliphatic carbocycles. The van der Waals surface area contributed by atoms with Gasteiger partial charge in [-0.3, -0.25) is 40.5 Å². The first kappa shape index (κ1) is 80.3. The van der Waals surface area contributed by atoms with Crippen LogP contribution < -0.4 is 0 Å². The van der Waals surface area contributed by atoms with Crippen LogP contribution in [0.3, 0.4) is 0 Å². The van der Waals surface area contributed by atoms with Gasteiger partial charge in [0.05, 0.1) is 29.5 Å². The number of hydrogen-bond acceptors (Lipinski definition) is 12. The summed E-state index contributed by atoms with van der Waals surface area (Å²) in [7, 11) is -5.02. The van der Waals surface area contributed by atoms with Crippen molar-refractivity contribution in [1.82, 2.24) is 0 Å². The fraction of sp³-hybridized carbons (Fsp3) is 0. The van der Waals surface area contributed by atoms with Gasteiger partial charge >= 0.3 is 0 Å². The highest BCUT2D eigenvalue weighted by Gasteiger charge is 2.37. The van der Waals surface area contributed by atoms with E-state index in [1.54, 1.807) is 71.2 Å². The molecule has 0 atom stereocenters. The van der Waals surface area contributed by atoms with E-state index in [0.29, 0.717) is 43.8 Å². The normalized spacial score (nSPS) is 12.1. The van der Waals surface area contributed by atoms with E-state index in [2.05, 4.69) is 218 Å². The SMILES string of the molecule is O=[N+]([O-])c1ccc2cc(-c3c4ccccc4c(-c4ccc5c(c4)sc4ccc(-c6c7ccccc7c(-c7ccc8cc([N+](=O)[O-])ccc8c7)c7ccccc67)c(S(=O)(=O)c6c(-c7c8ccccc8c(-c8ccc9cc([N+](=O)[O-])ccc9c8)c8ccccc78)ccc7sc8cc(-c9c%10ccccc%10c(-c%10ccc%11cc([N+](=O)[O-])ccc%11c%10)c%10ccccc9%10)ccc8c67)c45)c4ccccc34)ccc2c1. The van der Waals surface area contributed by atoms with Crippen molar-refractivity contribution in [1.29, 1.82) is 0 Å². The van der Waals surface area contributed by atoms with E-state index in [9.17, 15) is 40.5 Å². The molecule has 14 nitrogen and oxygen atoms in total. The van der Waals surface area contributed by atoms with Crippen molar-refractivity contribution < 1.29 is 28.1 Å². The largest absolute Gasteiger partial charge is 0.270 e. The minimum atomic E-state index is -5.02. The molecule has 17 heteroatoms. The minimum Gasteiger partial charge on any atom is -0.258 e. The van der Waals surface area contributed by atoms with Crippen LogP contribution in [0, 0.1) is 40.5 Å². The van der Waals surface area contributed by atoms with E-state index in [1.807, 2.05) is 121 Å². The Bertz CT molecular complexity index is 9350. The number of sulfone groups is 1. The highest BCUT2D eigenvalue weighted by molar-refractivity contribution is 7.92. The third-order valence-electron chi connectivity index (χ3n) is 27.9. The van der Waals surface area contributed by atoms with Crippen molar-refractivity contribution in [2.75, 3.05) is 0 Å². The maximum Gasteiger partial charge on any atom is 0.270 e. The third kappa shape index (κ3) is 12.5. The molecule has 0 saturated carbocycles. The molecule has 0 aliphatic rings. The number of benzene rings is 24. The number of nitro groups is 4. The van der Waals surface area contributed by atoms with E-state index in [0.717, 1.165) is 215 Å². The molecule has 137 heavy (non-hydrogen) atoms. The number of nitro benzene ring substituents is 4. The summed E-state index contributed by atoms with van der Waals surface area (Å²) in [6, 6.07) is 132. The Kier molecular flexibility index (Phi) is 18.0. The molecule has 0 aliphatic heterocycles. The highest BCUT2D eigenvalue weighted by atomic mass is 32.2. The van der Waals surface area contributed by atoms with Crippen LogP contribution in [0.25, 0.3) is 259 Å². The van der Waals surface area contributed by atoms with Crippen LogP contribution in [0.2, 0.25) is 0 Å². The zero-order chi connectivity index (χ0) is 92.1. The summed E-state index contributed by atoms with van der Waals surface area (Å²) < 4.78 is 42.0. The molecule has 0 unspecified atom stereocenters. The predicted molar refractivity (Wildman–Crippen MR) is 564 cm³/mol. The fourth-order valence-corrected chi connectivity index (χ4v) is 26.5. The van der Waals surface area contributed by atoms with Crippen LogP contribution in [0.5, 0.6) is 0 Å². The second kappa shape index (κ2) is 30.7. The summed E-state index contributed by atoms with van der Waals surface area (Å²) in [4.78, 5) is 47.2. The average Bonchev–Trinajstić information content (AvgIpc) is 1.63. The van der Waals surface area contributed by atoms with Crippen LogP contribution in [0.1, 0.15) is 0 Å². The molecular weight excluding hydrogens is 1750 g/mol. The van der Waals surface area contributed by atoms with Gasteiger partial charge in [-0.05, 0) is 280 Å². The first-order chi connectivity index (χ1) is 67.0. The van der Waals surface area contributed by atoms with Crippen molar-refractivity contribution in [2.24, 2.45) is 0 Å². The lowest BCUT2D eigenvalue weighted by molar-refractivity contribution is -0.384. The van der Waals surface area contributed by atoms with Crippen molar-refractivity contribution in [3.05, 3.63) is 441 Å². The highest BCUT2D eigenvalue weighted by Crippen LogP contribution is 2.58. The second-order valence-electron chi connectivity index (χ2n) is 35.1. The topological polar surface area (TPSA) is 207 Å². The third-order valence-corrected chi connectivity index (χ3v) is 32.0. The van der Waals surface area contributed by atoms with Crippen molar-refractivity contribution in [3.8, 4) is 89.0 Å². The first-order valence-electron chi connectivity index (χ1n) is 44.7. The molecule has 0 amide bonds. The first-order valence-corrected chi connectivity index (χ1v) is 47.8. The Morgan fingerprint density at radius 3 is 0.591 bits per heavy atom. The maximum atomic E-state index is 19.4. The summed E-state index contributed by atoms with van der Waals surface area (Å²) in [6.07, 6.45) is 0. The Morgan fingerprint density at radius 1 is 0.182 bits per heavy atom. The van der Waals surface area contributed by atoms with E-state index in [1.165, 1.54) is 12.1 Å². The van der Waals surface area contributed by atoms with Gasteiger partial charge < -0.3 is 0 Å². The van der Waals surface area contributed by atoms with Crippen LogP contribution in [-0.2, 0) is 9.84 Å². The van der Waals surface area contributed by atoms with E-state index >= 15 is 8.42 Å². The molecule has 2 aromatic heterocycles. The molecule has 26 rings (SSSR count). The van der Waals surface area contributed by atoms with Gasteiger partial charge in [0.25, 0.3) is 22.7 Å². The smallest absolute Gasteiger partial charge is 0.258 e. The van der Waals surface area contributed by atoms with Gasteiger partial charge in [-0.15, -0.1) is 22.7 Å². The summed E-state index contributed by atoms with van der Waals surface area (Å²) in [5.74, 6) is 0. The standard InChI is InChI=1S/C120H66N4O10S3/c125-121(126)81-47-41-67-57-75(37-33-71(67)61-81)109-85-17-1-5-21-89(85)113(90-22-6-2-18-86(90)109)79-45-51-101-107(65-79)135-105-55-53-103(115-97-29-13-9-25-93(97)111(94-26-10-14-30-98(94)115)77-39-35-73-63-83(123(129)130)49-43-69(73)59-77)119(117(101)105)137(133,134)120-104(116-99-31-15-11-27-95(99)112(96-28-12-16-32-100(96)116)78-40-36-74-64-84(124(131)132)50-44-70(74)60-78)54-56-106-118(120)102-52-46-80(66-108(102)136-106)114-91-23-7-3-19-87(91)110(88-20-4-8-24-92(88)114)76-38-34-72-62-82(122(127)128)48-42-68(72)58-76/h1-66H. The quantitative estimate of drug-likeness (QED) is 0.0572. The second-order valence-corrected chi connectivity index (χ2v) is 39.1. The van der Waals surface area contributed by atoms with Gasteiger partial charge in [0.2, 0.25) is 9.84 Å². The summed E-state index contributed by atoms with van der Waals surface area (Å²) in [6.45, 7) is 0. The molecule has 0 spiro atoms. The molecule has 0 fully saturated rings. The molecule has 2 heterocycles. The summed E-state index contributed by atoms with van der Waals surface area (Å²) in [5.41, 5.74) is 13.7. The van der Waals surface area contributed by atoms with Crippen molar-refractivity contribution in [2.45, 2.75) is 9.79 Å². The average molecular weight is 1820 g/mol. The molecule has 0 saturated heterocycles. The molecule has 26 aromatic rings. The zero-order valence-corrected chi connectivity index (χ0v) is 74.7. The molecule has 644 valence electrons. The molecule has 0 radical (unpaired) electrons. The van der Waals surface area contributed by atoms with Gasteiger partial charge in [0, 0.05) is 100 Å². The number of non-ortho nitro benzene ring substituents is 4. The summed E-state index contributed by atoms with van der Waals surface area (Å²) >= 11 is 3.10. The Labute approximate surface area is 786 Å². The van der Waals surface area contributed by atoms with E-state index in [4.69, 9.17) is 0 Å². The number of thiophene rings is 2. The van der Waals surface area contributed by atoms with Gasteiger partial charge in [0.1, 0.15) is 0 Å². The van der Waals surface area contributed by atoms with Crippen molar-refractivity contribution in [3.63, 3.8) is 0 Å². The Balaban J connectivity index is 0.758. The number of rotatable bonds is 14. The van der Waals surface area contributed by atoms with E-state index < -0.39 is 9.84 Å². The van der Waals surface area contributed by atoms with Crippen molar-refractivity contribution >= 4 is 225 Å². The number of nitrogens with zero attached hydrogens (tertiary/aromatic N) is 4. The van der Waals surface area contributed by atoms with Gasteiger partial charge in [0.15, 0.2) is 0 Å².